The highest BCUT2D eigenvalue weighted by atomic mass is 32.2. The van der Waals surface area contributed by atoms with Gasteiger partial charge in [-0.2, -0.15) is 0 Å². The van der Waals surface area contributed by atoms with Gasteiger partial charge in [0.1, 0.15) is 0 Å². The predicted molar refractivity (Wildman–Crippen MR) is 63.9 cm³/mol. The van der Waals surface area contributed by atoms with Gasteiger partial charge in [0, 0.05) is 0 Å². The van der Waals surface area contributed by atoms with E-state index in [1.807, 2.05) is 0 Å². The van der Waals surface area contributed by atoms with Crippen molar-refractivity contribution in [3.8, 4) is 0 Å². The number of anilines is 1. The zero-order valence-electron chi connectivity index (χ0n) is 9.75. The normalized spacial score (nSPS) is 20.3. The number of rotatable bonds is 2. The molecule has 0 bridgehead atoms. The second-order valence-electron chi connectivity index (χ2n) is 4.44. The van der Waals surface area contributed by atoms with Gasteiger partial charge in [-0.15, -0.1) is 0 Å². The maximum atomic E-state index is 11.9. The molecule has 1 aromatic carbocycles. The third kappa shape index (κ3) is 1.43. The molecule has 1 aromatic rings. The molecule has 18 heavy (non-hydrogen) atoms. The van der Waals surface area contributed by atoms with Crippen LogP contribution in [0, 0.1) is 0 Å². The average molecular weight is 269 g/mol. The second-order valence-corrected chi connectivity index (χ2v) is 6.78. The van der Waals surface area contributed by atoms with Gasteiger partial charge in [0.2, 0.25) is 0 Å². The Labute approximate surface area is 104 Å². The lowest BCUT2D eigenvalue weighted by Gasteiger charge is -2.42. The summed E-state index contributed by atoms with van der Waals surface area (Å²) in [5.41, 5.74) is -0.0144. The van der Waals surface area contributed by atoms with E-state index in [2.05, 4.69) is 0 Å². The van der Waals surface area contributed by atoms with E-state index >= 15 is 0 Å². The number of carbonyl (C=O) groups is 2. The van der Waals surface area contributed by atoms with E-state index in [-0.39, 0.29) is 11.3 Å². The zero-order valence-corrected chi connectivity index (χ0v) is 10.6. The average Bonchev–Trinajstić information content (AvgIpc) is 2.29. The summed E-state index contributed by atoms with van der Waals surface area (Å²) in [6, 6.07) is 5.27. The molecular formula is C11H11NO5S. The molecule has 0 aliphatic carbocycles. The molecule has 1 saturated heterocycles. The molecule has 1 fully saturated rings. The first-order valence-corrected chi connectivity index (χ1v) is 6.56. The second kappa shape index (κ2) is 3.55. The molecule has 1 aliphatic rings. The Hall–Kier alpha value is -1.89. The van der Waals surface area contributed by atoms with Crippen molar-refractivity contribution >= 4 is 27.6 Å². The van der Waals surface area contributed by atoms with Crippen molar-refractivity contribution in [2.75, 3.05) is 4.31 Å². The van der Waals surface area contributed by atoms with Crippen LogP contribution in [0.4, 0.5) is 5.69 Å². The molecular weight excluding hydrogens is 258 g/mol. The lowest BCUT2D eigenvalue weighted by molar-refractivity contribution is -0.120. The van der Waals surface area contributed by atoms with Gasteiger partial charge in [-0.1, -0.05) is 6.07 Å². The first-order valence-electron chi connectivity index (χ1n) is 5.12. The number of aromatic carboxylic acids is 1. The van der Waals surface area contributed by atoms with E-state index in [0.717, 1.165) is 6.07 Å². The fourth-order valence-electron chi connectivity index (χ4n) is 1.67. The number of carbonyl (C=O) groups excluding carboxylic acids is 1. The molecule has 0 unspecified atom stereocenters. The summed E-state index contributed by atoms with van der Waals surface area (Å²) in [5, 5.41) is 8.83. The Bertz CT molecular complexity index is 647. The van der Waals surface area contributed by atoms with Crippen LogP contribution in [0.15, 0.2) is 24.3 Å². The van der Waals surface area contributed by atoms with Crippen molar-refractivity contribution in [3.63, 3.8) is 0 Å². The third-order valence-electron chi connectivity index (χ3n) is 2.91. The van der Waals surface area contributed by atoms with Crippen molar-refractivity contribution < 1.29 is 23.1 Å². The fourth-order valence-corrected chi connectivity index (χ4v) is 3.15. The van der Waals surface area contributed by atoms with Gasteiger partial charge in [-0.3, -0.25) is 4.79 Å². The summed E-state index contributed by atoms with van der Waals surface area (Å²) in [7, 11) is -3.75. The van der Waals surface area contributed by atoms with Crippen LogP contribution in [0.25, 0.3) is 0 Å². The van der Waals surface area contributed by atoms with Gasteiger partial charge < -0.3 is 5.11 Å². The highest BCUT2D eigenvalue weighted by molar-refractivity contribution is 7.98. The molecule has 7 heteroatoms. The zero-order chi connectivity index (χ0) is 13.7. The highest BCUT2D eigenvalue weighted by Gasteiger charge is 2.60. The SMILES string of the molecule is CC1(C)C(=O)N(c2cccc(C(=O)O)c2)S1(=O)=O. The summed E-state index contributed by atoms with van der Waals surface area (Å²) in [4.78, 5) is 22.6. The molecule has 1 aliphatic heterocycles. The number of amides is 1. The summed E-state index contributed by atoms with van der Waals surface area (Å²) in [6.07, 6.45) is 0. The Morgan fingerprint density at radius 2 is 1.94 bits per heavy atom. The van der Waals surface area contributed by atoms with E-state index in [1.165, 1.54) is 32.0 Å². The quantitative estimate of drug-likeness (QED) is 0.859. The van der Waals surface area contributed by atoms with Gasteiger partial charge in [-0.25, -0.2) is 17.5 Å². The minimum Gasteiger partial charge on any atom is -0.478 e. The smallest absolute Gasteiger partial charge is 0.335 e. The van der Waals surface area contributed by atoms with Crippen LogP contribution in [-0.4, -0.2) is 30.1 Å². The summed E-state index contributed by atoms with van der Waals surface area (Å²) in [5.74, 6) is -1.74. The minimum atomic E-state index is -3.75. The largest absolute Gasteiger partial charge is 0.478 e. The third-order valence-corrected chi connectivity index (χ3v) is 5.23. The van der Waals surface area contributed by atoms with E-state index in [9.17, 15) is 18.0 Å². The van der Waals surface area contributed by atoms with Crippen LogP contribution in [-0.2, 0) is 14.8 Å². The lowest BCUT2D eigenvalue weighted by atomic mass is 10.1. The lowest BCUT2D eigenvalue weighted by Crippen LogP contribution is -2.67. The summed E-state index contributed by atoms with van der Waals surface area (Å²) < 4.78 is 23.0. The standard InChI is InChI=1S/C11H11NO5S/c1-11(2)10(15)12(18(11,16)17)8-5-3-4-7(6-8)9(13)14/h3-6H,1-2H3,(H,13,14). The van der Waals surface area contributed by atoms with Crippen molar-refractivity contribution in [2.45, 2.75) is 18.6 Å². The van der Waals surface area contributed by atoms with E-state index in [0.29, 0.717) is 4.31 Å². The Kier molecular flexibility index (Phi) is 2.48. The van der Waals surface area contributed by atoms with Gasteiger partial charge in [0.15, 0.2) is 4.75 Å². The van der Waals surface area contributed by atoms with Crippen molar-refractivity contribution in [1.29, 1.82) is 0 Å². The Morgan fingerprint density at radius 1 is 1.33 bits per heavy atom. The van der Waals surface area contributed by atoms with E-state index < -0.39 is 26.6 Å². The number of benzene rings is 1. The number of hydrogen-bond donors (Lipinski definition) is 1. The molecule has 0 atom stereocenters. The fraction of sp³-hybridized carbons (Fsp3) is 0.273. The topological polar surface area (TPSA) is 91.8 Å². The van der Waals surface area contributed by atoms with Crippen molar-refractivity contribution in [2.24, 2.45) is 0 Å². The van der Waals surface area contributed by atoms with Gasteiger partial charge in [0.05, 0.1) is 11.3 Å². The number of hydrogen-bond acceptors (Lipinski definition) is 4. The highest BCUT2D eigenvalue weighted by Crippen LogP contribution is 2.39. The molecule has 6 nitrogen and oxygen atoms in total. The number of carboxylic acids is 1. The summed E-state index contributed by atoms with van der Waals surface area (Å²) in [6.45, 7) is 2.64. The molecule has 0 aromatic heterocycles. The van der Waals surface area contributed by atoms with Crippen LogP contribution in [0.2, 0.25) is 0 Å². The van der Waals surface area contributed by atoms with Gasteiger partial charge in [0.25, 0.3) is 15.9 Å². The van der Waals surface area contributed by atoms with Crippen LogP contribution in [0.5, 0.6) is 0 Å². The van der Waals surface area contributed by atoms with Gasteiger partial charge in [-0.05, 0) is 32.0 Å². The van der Waals surface area contributed by atoms with Crippen LogP contribution >= 0.6 is 0 Å². The number of sulfonamides is 1. The molecule has 96 valence electrons. The molecule has 1 N–H and O–H groups in total. The molecule has 2 rings (SSSR count). The minimum absolute atomic E-state index is 0.0548. The van der Waals surface area contributed by atoms with Crippen molar-refractivity contribution in [3.05, 3.63) is 29.8 Å². The van der Waals surface area contributed by atoms with Crippen molar-refractivity contribution in [1.82, 2.24) is 0 Å². The van der Waals surface area contributed by atoms with Gasteiger partial charge >= 0.3 is 5.97 Å². The molecule has 0 radical (unpaired) electrons. The van der Waals surface area contributed by atoms with Crippen LogP contribution in [0.3, 0.4) is 0 Å². The Balaban J connectivity index is 2.50. The number of nitrogens with zero attached hydrogens (tertiary/aromatic N) is 1. The maximum Gasteiger partial charge on any atom is 0.335 e. The summed E-state index contributed by atoms with van der Waals surface area (Å²) >= 11 is 0. The molecule has 1 amide bonds. The predicted octanol–water partition coefficient (Wildman–Crippen LogP) is 0.840. The maximum absolute atomic E-state index is 11.9. The molecule has 0 spiro atoms. The first kappa shape index (κ1) is 12.6. The monoisotopic (exact) mass is 269 g/mol. The van der Waals surface area contributed by atoms with Crippen LogP contribution < -0.4 is 4.31 Å². The molecule has 0 saturated carbocycles. The van der Waals surface area contributed by atoms with E-state index in [1.54, 1.807) is 0 Å². The Morgan fingerprint density at radius 3 is 2.44 bits per heavy atom. The number of carboxylic acid groups (broad SMARTS) is 1. The van der Waals surface area contributed by atoms with Crippen LogP contribution in [0.1, 0.15) is 24.2 Å². The first-order chi connectivity index (χ1) is 8.19. The van der Waals surface area contributed by atoms with E-state index in [4.69, 9.17) is 5.11 Å². The molecule has 1 heterocycles.